The molecule has 0 amide bonds. The summed E-state index contributed by atoms with van der Waals surface area (Å²) in [5.74, 6) is 1.13. The second kappa shape index (κ2) is 6.83. The molecule has 120 valence electrons. The van der Waals surface area contributed by atoms with Gasteiger partial charge >= 0.3 is 6.55 Å². The average Bonchev–Trinajstić information content (AvgIpc) is 2.85. The van der Waals surface area contributed by atoms with Crippen molar-refractivity contribution in [3.05, 3.63) is 18.2 Å². The van der Waals surface area contributed by atoms with E-state index in [1.54, 1.807) is 0 Å². The number of imidazole rings is 1. The number of halogens is 2. The third-order valence-electron chi connectivity index (χ3n) is 3.95. The lowest BCUT2D eigenvalue weighted by Crippen LogP contribution is -2.42. The van der Waals surface area contributed by atoms with Crippen LogP contribution in [0.3, 0.4) is 0 Å². The number of nitrogens with one attached hydrogen (secondary N) is 1. The molecule has 2 rings (SSSR count). The van der Waals surface area contributed by atoms with Gasteiger partial charge in [-0.3, -0.25) is 9.47 Å². The minimum absolute atomic E-state index is 0.152. The molecule has 21 heavy (non-hydrogen) atoms. The molecule has 0 saturated carbocycles. The number of rotatable bonds is 5. The Kier molecular flexibility index (Phi) is 5.32. The van der Waals surface area contributed by atoms with Gasteiger partial charge in [0.05, 0.1) is 6.54 Å². The molecule has 0 unspecified atom stereocenters. The first kappa shape index (κ1) is 16.4. The topological polar surface area (TPSA) is 33.1 Å². The highest BCUT2D eigenvalue weighted by Gasteiger charge is 2.22. The first-order valence-electron chi connectivity index (χ1n) is 7.62. The Hall–Kier alpha value is -1.01. The molecule has 6 heteroatoms. The molecule has 4 nitrogen and oxygen atoms in total. The van der Waals surface area contributed by atoms with Crippen molar-refractivity contribution in [1.29, 1.82) is 0 Å². The standard InChI is InChI=1S/C15H26F2N4/c1-15(2,3)19-10-12-4-7-20(8-5-12)11-13-18-6-9-21(13)14(16)17/h6,9,12,14,19H,4-5,7-8,10-11H2,1-3H3. The maximum Gasteiger partial charge on any atom is 0.319 e. The van der Waals surface area contributed by atoms with Gasteiger partial charge in [-0.25, -0.2) is 4.98 Å². The molecule has 1 aliphatic heterocycles. The van der Waals surface area contributed by atoms with Gasteiger partial charge in [0, 0.05) is 17.9 Å². The van der Waals surface area contributed by atoms with E-state index in [1.807, 2.05) is 0 Å². The predicted molar refractivity (Wildman–Crippen MR) is 79.2 cm³/mol. The number of nitrogens with zero attached hydrogens (tertiary/aromatic N) is 3. The van der Waals surface area contributed by atoms with Gasteiger partial charge in [0.1, 0.15) is 5.82 Å². The minimum Gasteiger partial charge on any atom is -0.312 e. The van der Waals surface area contributed by atoms with Crippen molar-refractivity contribution in [2.75, 3.05) is 19.6 Å². The lowest BCUT2D eigenvalue weighted by molar-refractivity contribution is 0.0622. The molecule has 1 fully saturated rings. The second-order valence-corrected chi connectivity index (χ2v) is 6.88. The van der Waals surface area contributed by atoms with Gasteiger partial charge in [0.15, 0.2) is 0 Å². The molecule has 1 aromatic heterocycles. The van der Waals surface area contributed by atoms with Crippen molar-refractivity contribution >= 4 is 0 Å². The molecule has 1 aromatic rings. The van der Waals surface area contributed by atoms with Crippen LogP contribution in [0, 0.1) is 5.92 Å². The van der Waals surface area contributed by atoms with Gasteiger partial charge in [0.2, 0.25) is 0 Å². The summed E-state index contributed by atoms with van der Waals surface area (Å²) in [6.07, 6.45) is 5.01. The van der Waals surface area contributed by atoms with Crippen LogP contribution < -0.4 is 5.32 Å². The molecule has 0 bridgehead atoms. The number of hydrogen-bond donors (Lipinski definition) is 1. The maximum absolute atomic E-state index is 12.8. The minimum atomic E-state index is -2.50. The van der Waals surface area contributed by atoms with Gasteiger partial charge in [0.25, 0.3) is 0 Å². The average molecular weight is 300 g/mol. The molecule has 1 N–H and O–H groups in total. The van der Waals surface area contributed by atoms with Gasteiger partial charge in [-0.2, -0.15) is 8.78 Å². The zero-order valence-electron chi connectivity index (χ0n) is 13.1. The molecule has 2 heterocycles. The molecule has 0 aromatic carbocycles. The quantitative estimate of drug-likeness (QED) is 0.907. The molecule has 0 radical (unpaired) electrons. The van der Waals surface area contributed by atoms with Crippen LogP contribution in [0.15, 0.2) is 12.4 Å². The Labute approximate surface area is 125 Å². The predicted octanol–water partition coefficient (Wildman–Crippen LogP) is 2.88. The Morgan fingerprint density at radius 1 is 1.33 bits per heavy atom. The fourth-order valence-corrected chi connectivity index (χ4v) is 2.64. The summed E-state index contributed by atoms with van der Waals surface area (Å²) in [6.45, 7) is 7.46. The van der Waals surface area contributed by atoms with Crippen LogP contribution in [0.25, 0.3) is 0 Å². The number of aromatic nitrogens is 2. The number of piperidine rings is 1. The number of likely N-dealkylation sites (tertiary alicyclic amines) is 1. The van der Waals surface area contributed by atoms with E-state index in [0.29, 0.717) is 18.3 Å². The van der Waals surface area contributed by atoms with E-state index in [0.717, 1.165) is 37.0 Å². The third-order valence-corrected chi connectivity index (χ3v) is 3.95. The normalized spacial score (nSPS) is 18.6. The zero-order chi connectivity index (χ0) is 15.5. The molecule has 0 spiro atoms. The van der Waals surface area contributed by atoms with E-state index in [1.165, 1.54) is 12.4 Å². The van der Waals surface area contributed by atoms with Crippen molar-refractivity contribution in [2.45, 2.75) is 52.2 Å². The SMILES string of the molecule is CC(C)(C)NCC1CCN(Cc2nccn2C(F)F)CC1. The van der Waals surface area contributed by atoms with Crippen LogP contribution in [0.4, 0.5) is 8.78 Å². The molecule has 1 aliphatic rings. The molecular formula is C15H26F2N4. The van der Waals surface area contributed by atoms with E-state index < -0.39 is 6.55 Å². The fourth-order valence-electron chi connectivity index (χ4n) is 2.64. The summed E-state index contributed by atoms with van der Waals surface area (Å²) in [6, 6.07) is 0. The van der Waals surface area contributed by atoms with Crippen LogP contribution in [-0.2, 0) is 6.54 Å². The first-order chi connectivity index (χ1) is 9.85. The Balaban J connectivity index is 1.78. The van der Waals surface area contributed by atoms with Crippen LogP contribution in [-0.4, -0.2) is 39.6 Å². The Morgan fingerprint density at radius 3 is 2.57 bits per heavy atom. The Bertz CT molecular complexity index is 431. The maximum atomic E-state index is 12.8. The van der Waals surface area contributed by atoms with Crippen molar-refractivity contribution in [1.82, 2.24) is 19.8 Å². The largest absolute Gasteiger partial charge is 0.319 e. The van der Waals surface area contributed by atoms with E-state index in [2.05, 4.69) is 36.0 Å². The number of alkyl halides is 2. The lowest BCUT2D eigenvalue weighted by Gasteiger charge is -2.33. The summed E-state index contributed by atoms with van der Waals surface area (Å²) in [4.78, 5) is 6.27. The first-order valence-corrected chi connectivity index (χ1v) is 7.62. The van der Waals surface area contributed by atoms with Crippen molar-refractivity contribution < 1.29 is 8.78 Å². The van der Waals surface area contributed by atoms with Gasteiger partial charge in [-0.05, 0) is 59.2 Å². The summed E-state index contributed by atoms with van der Waals surface area (Å²) >= 11 is 0. The van der Waals surface area contributed by atoms with E-state index in [4.69, 9.17) is 0 Å². The van der Waals surface area contributed by atoms with Gasteiger partial charge in [-0.1, -0.05) is 0 Å². The highest BCUT2D eigenvalue weighted by molar-refractivity contribution is 4.93. The number of hydrogen-bond acceptors (Lipinski definition) is 3. The van der Waals surface area contributed by atoms with Crippen molar-refractivity contribution in [2.24, 2.45) is 5.92 Å². The summed E-state index contributed by atoms with van der Waals surface area (Å²) in [5.41, 5.74) is 0.152. The fraction of sp³-hybridized carbons (Fsp3) is 0.800. The van der Waals surface area contributed by atoms with Crippen LogP contribution in [0.1, 0.15) is 46.0 Å². The molecule has 0 atom stereocenters. The zero-order valence-corrected chi connectivity index (χ0v) is 13.1. The van der Waals surface area contributed by atoms with Crippen molar-refractivity contribution in [3.8, 4) is 0 Å². The summed E-state index contributed by atoms with van der Waals surface area (Å²) in [5, 5.41) is 3.54. The van der Waals surface area contributed by atoms with E-state index in [9.17, 15) is 8.78 Å². The summed E-state index contributed by atoms with van der Waals surface area (Å²) < 4.78 is 26.5. The Morgan fingerprint density at radius 2 is 2.00 bits per heavy atom. The van der Waals surface area contributed by atoms with E-state index >= 15 is 0 Å². The molecular weight excluding hydrogens is 274 g/mol. The van der Waals surface area contributed by atoms with Crippen LogP contribution >= 0.6 is 0 Å². The highest BCUT2D eigenvalue weighted by Crippen LogP contribution is 2.20. The summed E-state index contributed by atoms with van der Waals surface area (Å²) in [7, 11) is 0. The van der Waals surface area contributed by atoms with Gasteiger partial charge < -0.3 is 5.32 Å². The van der Waals surface area contributed by atoms with Crippen molar-refractivity contribution in [3.63, 3.8) is 0 Å². The van der Waals surface area contributed by atoms with Crippen LogP contribution in [0.2, 0.25) is 0 Å². The molecule has 0 aliphatic carbocycles. The van der Waals surface area contributed by atoms with Crippen LogP contribution in [0.5, 0.6) is 0 Å². The highest BCUT2D eigenvalue weighted by atomic mass is 19.3. The third kappa shape index (κ3) is 5.04. The van der Waals surface area contributed by atoms with E-state index in [-0.39, 0.29) is 5.54 Å². The smallest absolute Gasteiger partial charge is 0.312 e. The lowest BCUT2D eigenvalue weighted by atomic mass is 9.95. The van der Waals surface area contributed by atoms with Gasteiger partial charge in [-0.15, -0.1) is 0 Å². The second-order valence-electron chi connectivity index (χ2n) is 6.88. The monoisotopic (exact) mass is 300 g/mol. The molecule has 1 saturated heterocycles.